The molecule has 2 aromatic heterocycles. The van der Waals surface area contributed by atoms with Crippen molar-refractivity contribution in [3.8, 4) is 0 Å². The fourth-order valence-corrected chi connectivity index (χ4v) is 3.33. The van der Waals surface area contributed by atoms with Gasteiger partial charge in [-0.3, -0.25) is 4.68 Å². The lowest BCUT2D eigenvalue weighted by molar-refractivity contribution is 0.0892. The van der Waals surface area contributed by atoms with Crippen molar-refractivity contribution >= 4 is 16.9 Å². The quantitative estimate of drug-likeness (QED) is 0.931. The normalized spacial score (nSPS) is 18.4. The van der Waals surface area contributed by atoms with E-state index < -0.39 is 0 Å². The molecule has 0 spiro atoms. The van der Waals surface area contributed by atoms with Gasteiger partial charge in [0, 0.05) is 20.1 Å². The smallest absolute Gasteiger partial charge is 0.163 e. The molecule has 6 nitrogen and oxygen atoms in total. The van der Waals surface area contributed by atoms with Crippen LogP contribution in [-0.4, -0.2) is 44.0 Å². The fraction of sp³-hybridized carbons (Fsp3) is 0.667. The number of hydrogen-bond donors (Lipinski definition) is 1. The van der Waals surface area contributed by atoms with Gasteiger partial charge in [-0.1, -0.05) is 6.92 Å². The van der Waals surface area contributed by atoms with E-state index in [0.29, 0.717) is 5.92 Å². The molecule has 6 heteroatoms. The summed E-state index contributed by atoms with van der Waals surface area (Å²) in [7, 11) is 1.91. The van der Waals surface area contributed by atoms with Crippen molar-refractivity contribution in [1.29, 1.82) is 0 Å². The number of nitrogens with zero attached hydrogens (tertiary/aromatic N) is 5. The van der Waals surface area contributed by atoms with Crippen LogP contribution in [0, 0.1) is 12.8 Å². The van der Waals surface area contributed by atoms with Gasteiger partial charge in [0.1, 0.15) is 12.1 Å². The Bertz CT molecular complexity index is 630. The van der Waals surface area contributed by atoms with Gasteiger partial charge in [-0.05, 0) is 32.1 Å². The van der Waals surface area contributed by atoms with Crippen LogP contribution in [0.15, 0.2) is 6.33 Å². The lowest BCUT2D eigenvalue weighted by Gasteiger charge is -2.34. The molecule has 114 valence electrons. The number of anilines is 1. The second-order valence-corrected chi connectivity index (χ2v) is 5.90. The highest BCUT2D eigenvalue weighted by molar-refractivity contribution is 5.89. The highest BCUT2D eigenvalue weighted by Gasteiger charge is 2.26. The predicted molar refractivity (Wildman–Crippen MR) is 82.3 cm³/mol. The van der Waals surface area contributed by atoms with E-state index in [2.05, 4.69) is 20.0 Å². The summed E-state index contributed by atoms with van der Waals surface area (Å²) in [5, 5.41) is 15.5. The molecule has 1 aliphatic rings. The van der Waals surface area contributed by atoms with Crippen molar-refractivity contribution in [3.63, 3.8) is 0 Å². The van der Waals surface area contributed by atoms with Crippen LogP contribution in [0.2, 0.25) is 0 Å². The van der Waals surface area contributed by atoms with Crippen molar-refractivity contribution in [2.75, 3.05) is 18.0 Å². The number of rotatable bonds is 3. The molecule has 0 unspecified atom stereocenters. The van der Waals surface area contributed by atoms with Crippen LogP contribution in [0.25, 0.3) is 11.0 Å². The van der Waals surface area contributed by atoms with E-state index in [1.54, 1.807) is 6.33 Å². The predicted octanol–water partition coefficient (Wildman–Crippen LogP) is 1.66. The maximum atomic E-state index is 10.0. The first-order chi connectivity index (χ1) is 10.1. The average molecular weight is 289 g/mol. The third-order valence-electron chi connectivity index (χ3n) is 4.58. The molecule has 0 aromatic carbocycles. The number of aromatic nitrogens is 4. The number of fused-ring (bicyclic) bond motifs is 1. The Morgan fingerprint density at radius 2 is 2.05 bits per heavy atom. The van der Waals surface area contributed by atoms with Crippen LogP contribution >= 0.6 is 0 Å². The highest BCUT2D eigenvalue weighted by Crippen LogP contribution is 2.30. The number of hydrogen-bond acceptors (Lipinski definition) is 5. The fourth-order valence-electron chi connectivity index (χ4n) is 3.33. The maximum Gasteiger partial charge on any atom is 0.163 e. The Kier molecular flexibility index (Phi) is 3.80. The topological polar surface area (TPSA) is 67.1 Å². The van der Waals surface area contributed by atoms with E-state index in [1.807, 2.05) is 25.6 Å². The van der Waals surface area contributed by atoms with Crippen molar-refractivity contribution < 1.29 is 5.11 Å². The van der Waals surface area contributed by atoms with Gasteiger partial charge in [0.2, 0.25) is 0 Å². The molecule has 1 fully saturated rings. The van der Waals surface area contributed by atoms with Crippen molar-refractivity contribution in [2.45, 2.75) is 39.2 Å². The van der Waals surface area contributed by atoms with Gasteiger partial charge in [0.05, 0.1) is 17.2 Å². The Morgan fingerprint density at radius 1 is 1.33 bits per heavy atom. The average Bonchev–Trinajstić information content (AvgIpc) is 2.82. The Balaban J connectivity index is 1.86. The summed E-state index contributed by atoms with van der Waals surface area (Å²) in [6.07, 6.45) is 4.31. The SMILES string of the molecule is CC[C@@H](O)C1CCN(c2ncnc3c2c(C)nn3C)CC1. The first-order valence-electron chi connectivity index (χ1n) is 7.69. The summed E-state index contributed by atoms with van der Waals surface area (Å²) in [6, 6.07) is 0. The van der Waals surface area contributed by atoms with Crippen molar-refractivity contribution in [3.05, 3.63) is 12.0 Å². The Morgan fingerprint density at radius 3 is 2.71 bits per heavy atom. The van der Waals surface area contributed by atoms with E-state index in [9.17, 15) is 5.11 Å². The van der Waals surface area contributed by atoms with E-state index in [4.69, 9.17) is 0 Å². The monoisotopic (exact) mass is 289 g/mol. The first-order valence-corrected chi connectivity index (χ1v) is 7.69. The zero-order valence-corrected chi connectivity index (χ0v) is 13.0. The van der Waals surface area contributed by atoms with E-state index >= 15 is 0 Å². The molecule has 0 bridgehead atoms. The third-order valence-corrected chi connectivity index (χ3v) is 4.58. The minimum absolute atomic E-state index is 0.169. The lowest BCUT2D eigenvalue weighted by Crippen LogP contribution is -2.38. The van der Waals surface area contributed by atoms with Crippen LogP contribution in [-0.2, 0) is 7.05 Å². The molecule has 1 aliphatic heterocycles. The molecule has 1 N–H and O–H groups in total. The summed E-state index contributed by atoms with van der Waals surface area (Å²) >= 11 is 0. The van der Waals surface area contributed by atoms with E-state index in [-0.39, 0.29) is 6.10 Å². The second kappa shape index (κ2) is 5.60. The largest absolute Gasteiger partial charge is 0.393 e. The van der Waals surface area contributed by atoms with Crippen LogP contribution in [0.3, 0.4) is 0 Å². The summed E-state index contributed by atoms with van der Waals surface area (Å²) < 4.78 is 1.81. The van der Waals surface area contributed by atoms with Gasteiger partial charge in [-0.15, -0.1) is 0 Å². The maximum absolute atomic E-state index is 10.0. The molecule has 3 rings (SSSR count). The third kappa shape index (κ3) is 2.48. The molecular weight excluding hydrogens is 266 g/mol. The molecular formula is C15H23N5O. The van der Waals surface area contributed by atoms with Gasteiger partial charge in [-0.25, -0.2) is 9.97 Å². The van der Waals surface area contributed by atoms with E-state index in [0.717, 1.165) is 54.9 Å². The summed E-state index contributed by atoms with van der Waals surface area (Å²) in [4.78, 5) is 11.1. The van der Waals surface area contributed by atoms with Crippen molar-refractivity contribution in [1.82, 2.24) is 19.7 Å². The molecule has 3 heterocycles. The van der Waals surface area contributed by atoms with E-state index in [1.165, 1.54) is 0 Å². The van der Waals surface area contributed by atoms with Gasteiger partial charge < -0.3 is 10.0 Å². The van der Waals surface area contributed by atoms with Gasteiger partial charge in [0.15, 0.2) is 5.65 Å². The molecule has 1 saturated heterocycles. The summed E-state index contributed by atoms with van der Waals surface area (Å²) in [5.74, 6) is 1.40. The van der Waals surface area contributed by atoms with Crippen molar-refractivity contribution in [2.24, 2.45) is 13.0 Å². The summed E-state index contributed by atoms with van der Waals surface area (Å²) in [5.41, 5.74) is 1.85. The zero-order valence-electron chi connectivity index (χ0n) is 13.0. The minimum atomic E-state index is -0.169. The minimum Gasteiger partial charge on any atom is -0.393 e. The Labute approximate surface area is 124 Å². The number of aliphatic hydroxyl groups is 1. The highest BCUT2D eigenvalue weighted by atomic mass is 16.3. The van der Waals surface area contributed by atoms with Gasteiger partial charge in [0.25, 0.3) is 0 Å². The summed E-state index contributed by atoms with van der Waals surface area (Å²) in [6.45, 7) is 5.91. The number of aryl methyl sites for hydroxylation is 2. The van der Waals surface area contributed by atoms with Gasteiger partial charge >= 0.3 is 0 Å². The lowest BCUT2D eigenvalue weighted by atomic mass is 9.90. The Hall–Kier alpha value is -1.69. The molecule has 0 radical (unpaired) electrons. The molecule has 0 aliphatic carbocycles. The molecule has 0 saturated carbocycles. The second-order valence-electron chi connectivity index (χ2n) is 5.90. The van der Waals surface area contributed by atoms with Crippen LogP contribution in [0.5, 0.6) is 0 Å². The molecule has 2 aromatic rings. The number of aliphatic hydroxyl groups excluding tert-OH is 1. The van der Waals surface area contributed by atoms with Crippen LogP contribution < -0.4 is 4.90 Å². The first kappa shape index (κ1) is 14.3. The molecule has 21 heavy (non-hydrogen) atoms. The van der Waals surface area contributed by atoms with Crippen LogP contribution in [0.1, 0.15) is 31.9 Å². The standard InChI is InChI=1S/C15H23N5O/c1-4-12(21)11-5-7-20(8-6-11)15-13-10(2)18-19(3)14(13)16-9-17-15/h9,11-12,21H,4-8H2,1-3H3/t12-/m1/s1. The number of piperidine rings is 1. The van der Waals surface area contributed by atoms with Gasteiger partial charge in [-0.2, -0.15) is 5.10 Å². The van der Waals surface area contributed by atoms with Crippen LogP contribution in [0.4, 0.5) is 5.82 Å². The molecule has 0 amide bonds. The molecule has 1 atom stereocenters. The zero-order chi connectivity index (χ0) is 15.0.